The molecule has 1 aromatic carbocycles. The van der Waals surface area contributed by atoms with Crippen LogP contribution in [0.15, 0.2) is 41.4 Å². The van der Waals surface area contributed by atoms with Gasteiger partial charge in [-0.05, 0) is 25.3 Å². The maximum absolute atomic E-state index is 5.51. The van der Waals surface area contributed by atoms with E-state index in [1.165, 1.54) is 5.56 Å². The molecule has 1 aliphatic heterocycles. The molecule has 1 aromatic rings. The molecule has 0 atom stereocenters. The average Bonchev–Trinajstić information content (AvgIpc) is 2.76. The Morgan fingerprint density at radius 1 is 1.07 bits per heavy atom. The quantitative estimate of drug-likeness (QED) is 0.195. The van der Waals surface area contributed by atoms with Crippen LogP contribution in [0.2, 0.25) is 0 Å². The van der Waals surface area contributed by atoms with E-state index in [1.807, 2.05) is 0 Å². The molecule has 0 radical (unpaired) electrons. The highest BCUT2D eigenvalue weighted by Crippen LogP contribution is 2.05. The first-order valence-corrected chi connectivity index (χ1v) is 10.9. The lowest BCUT2D eigenvalue weighted by atomic mass is 10.2. The number of methoxy groups -OCH3 is 1. The summed E-state index contributed by atoms with van der Waals surface area (Å²) >= 11 is 0. The first kappa shape index (κ1) is 26.9. The Morgan fingerprint density at radius 3 is 2.53 bits per heavy atom. The fourth-order valence-electron chi connectivity index (χ4n) is 3.22. The van der Waals surface area contributed by atoms with Crippen molar-refractivity contribution in [2.75, 3.05) is 72.7 Å². The molecule has 1 heterocycles. The molecule has 170 valence electrons. The Hall–Kier alpha value is -1.16. The van der Waals surface area contributed by atoms with E-state index in [0.717, 1.165) is 71.2 Å². The van der Waals surface area contributed by atoms with Gasteiger partial charge in [0.25, 0.3) is 0 Å². The monoisotopic (exact) mass is 530 g/mol. The number of piperazine rings is 1. The van der Waals surface area contributed by atoms with Crippen molar-refractivity contribution in [3.8, 4) is 0 Å². The second kappa shape index (κ2) is 17.5. The summed E-state index contributed by atoms with van der Waals surface area (Å²) in [5.41, 5.74) is 1.26. The standard InChI is InChI=1S/C23H38N4O2.HI/c1-3-24-23(25-13-7-8-19-29-21-20-28-2)27-17-15-26(16-18-27)14-9-12-22-10-5-4-6-11-22;/h4-6,9-12H,3,7-8,13-21H2,1-2H3,(H,24,25);1H/b12-9+;. The molecule has 0 spiro atoms. The lowest BCUT2D eigenvalue weighted by molar-refractivity contribution is 0.0690. The van der Waals surface area contributed by atoms with Crippen LogP contribution in [0.3, 0.4) is 0 Å². The Labute approximate surface area is 199 Å². The lowest BCUT2D eigenvalue weighted by Crippen LogP contribution is -2.52. The molecule has 30 heavy (non-hydrogen) atoms. The van der Waals surface area contributed by atoms with Gasteiger partial charge in [0.15, 0.2) is 5.96 Å². The zero-order valence-electron chi connectivity index (χ0n) is 18.6. The van der Waals surface area contributed by atoms with Crippen LogP contribution in [0.4, 0.5) is 0 Å². The fraction of sp³-hybridized carbons (Fsp3) is 0.609. The van der Waals surface area contributed by atoms with E-state index < -0.39 is 0 Å². The topological polar surface area (TPSA) is 49.3 Å². The minimum absolute atomic E-state index is 0. The van der Waals surface area contributed by atoms with Crippen LogP contribution in [0.1, 0.15) is 25.3 Å². The van der Waals surface area contributed by atoms with Gasteiger partial charge in [-0.1, -0.05) is 42.5 Å². The van der Waals surface area contributed by atoms with Crippen molar-refractivity contribution in [2.24, 2.45) is 4.99 Å². The maximum atomic E-state index is 5.51. The van der Waals surface area contributed by atoms with Crippen molar-refractivity contribution in [2.45, 2.75) is 19.8 Å². The van der Waals surface area contributed by atoms with E-state index in [4.69, 9.17) is 14.5 Å². The number of hydrogen-bond acceptors (Lipinski definition) is 4. The van der Waals surface area contributed by atoms with E-state index in [1.54, 1.807) is 7.11 Å². The first-order valence-electron chi connectivity index (χ1n) is 10.9. The zero-order valence-corrected chi connectivity index (χ0v) is 20.9. The first-order chi connectivity index (χ1) is 14.3. The molecule has 1 fully saturated rings. The molecule has 0 bridgehead atoms. The van der Waals surface area contributed by atoms with Crippen LogP contribution in [0.5, 0.6) is 0 Å². The van der Waals surface area contributed by atoms with Gasteiger partial charge < -0.3 is 19.7 Å². The van der Waals surface area contributed by atoms with Crippen molar-refractivity contribution in [3.05, 3.63) is 42.0 Å². The molecule has 1 N–H and O–H groups in total. The van der Waals surface area contributed by atoms with Gasteiger partial charge in [0.2, 0.25) is 0 Å². The minimum atomic E-state index is 0. The number of halogens is 1. The van der Waals surface area contributed by atoms with Gasteiger partial charge in [-0.2, -0.15) is 0 Å². The highest BCUT2D eigenvalue weighted by Gasteiger charge is 2.18. The van der Waals surface area contributed by atoms with Crippen LogP contribution in [0.25, 0.3) is 6.08 Å². The molecular weight excluding hydrogens is 491 g/mol. The number of guanidine groups is 1. The number of ether oxygens (including phenoxy) is 2. The van der Waals surface area contributed by atoms with Crippen molar-refractivity contribution in [1.82, 2.24) is 15.1 Å². The van der Waals surface area contributed by atoms with Gasteiger partial charge in [-0.25, -0.2) is 0 Å². The summed E-state index contributed by atoms with van der Waals surface area (Å²) in [7, 11) is 1.70. The smallest absolute Gasteiger partial charge is 0.194 e. The average molecular weight is 530 g/mol. The Bertz CT molecular complexity index is 590. The summed E-state index contributed by atoms with van der Waals surface area (Å²) in [5.74, 6) is 1.05. The van der Waals surface area contributed by atoms with Gasteiger partial charge in [0, 0.05) is 59.5 Å². The largest absolute Gasteiger partial charge is 0.382 e. The molecular formula is C23H39IN4O2. The molecule has 6 nitrogen and oxygen atoms in total. The van der Waals surface area contributed by atoms with Crippen LogP contribution in [-0.2, 0) is 9.47 Å². The van der Waals surface area contributed by atoms with Gasteiger partial charge in [-0.15, -0.1) is 24.0 Å². The maximum Gasteiger partial charge on any atom is 0.194 e. The van der Waals surface area contributed by atoms with E-state index in [9.17, 15) is 0 Å². The third kappa shape index (κ3) is 11.3. The van der Waals surface area contributed by atoms with Crippen molar-refractivity contribution < 1.29 is 9.47 Å². The number of rotatable bonds is 12. The minimum Gasteiger partial charge on any atom is -0.382 e. The molecule has 1 saturated heterocycles. The van der Waals surface area contributed by atoms with Crippen molar-refractivity contribution >= 4 is 36.0 Å². The van der Waals surface area contributed by atoms with Gasteiger partial charge in [-0.3, -0.25) is 9.89 Å². The predicted octanol–water partition coefficient (Wildman–Crippen LogP) is 3.34. The molecule has 0 saturated carbocycles. The number of benzene rings is 1. The van der Waals surface area contributed by atoms with E-state index in [0.29, 0.717) is 13.2 Å². The molecule has 7 heteroatoms. The van der Waals surface area contributed by atoms with E-state index in [2.05, 4.69) is 64.5 Å². The summed E-state index contributed by atoms with van der Waals surface area (Å²) in [6.45, 7) is 11.2. The number of hydrogen-bond donors (Lipinski definition) is 1. The summed E-state index contributed by atoms with van der Waals surface area (Å²) in [5, 5.41) is 3.45. The van der Waals surface area contributed by atoms with Gasteiger partial charge >= 0.3 is 0 Å². The van der Waals surface area contributed by atoms with E-state index >= 15 is 0 Å². The molecule has 0 aliphatic carbocycles. The van der Waals surface area contributed by atoms with Crippen LogP contribution in [0, 0.1) is 0 Å². The molecule has 0 aromatic heterocycles. The van der Waals surface area contributed by atoms with Gasteiger partial charge in [0.05, 0.1) is 13.2 Å². The summed E-state index contributed by atoms with van der Waals surface area (Å²) in [6.07, 6.45) is 6.55. The van der Waals surface area contributed by atoms with Crippen LogP contribution >= 0.6 is 24.0 Å². The Kier molecular flexibility index (Phi) is 15.7. The molecule has 2 rings (SSSR count). The SMILES string of the molecule is CCNC(=NCCCCOCCOC)N1CCN(C/C=C/c2ccccc2)CC1.I. The summed E-state index contributed by atoms with van der Waals surface area (Å²) < 4.78 is 10.5. The normalized spacial score (nSPS) is 15.4. The number of nitrogens with zero attached hydrogens (tertiary/aromatic N) is 3. The fourth-order valence-corrected chi connectivity index (χ4v) is 3.22. The van der Waals surface area contributed by atoms with Crippen molar-refractivity contribution in [3.63, 3.8) is 0 Å². The summed E-state index contributed by atoms with van der Waals surface area (Å²) in [6, 6.07) is 10.5. The number of aliphatic imine (C=N–C) groups is 1. The molecule has 0 amide bonds. The highest BCUT2D eigenvalue weighted by molar-refractivity contribution is 14.0. The summed E-state index contributed by atoms with van der Waals surface area (Å²) in [4.78, 5) is 9.70. The number of nitrogens with one attached hydrogen (secondary N) is 1. The third-order valence-electron chi connectivity index (χ3n) is 4.87. The third-order valence-corrected chi connectivity index (χ3v) is 4.87. The zero-order chi connectivity index (χ0) is 20.6. The lowest BCUT2D eigenvalue weighted by Gasteiger charge is -2.36. The van der Waals surface area contributed by atoms with E-state index in [-0.39, 0.29) is 24.0 Å². The molecule has 0 unspecified atom stereocenters. The molecule has 1 aliphatic rings. The van der Waals surface area contributed by atoms with Crippen molar-refractivity contribution in [1.29, 1.82) is 0 Å². The second-order valence-electron chi connectivity index (χ2n) is 7.15. The van der Waals surface area contributed by atoms with Crippen LogP contribution < -0.4 is 5.32 Å². The Balaban J connectivity index is 0.00000450. The second-order valence-corrected chi connectivity index (χ2v) is 7.15. The Morgan fingerprint density at radius 2 is 1.83 bits per heavy atom. The van der Waals surface area contributed by atoms with Gasteiger partial charge in [0.1, 0.15) is 0 Å². The number of unbranched alkanes of at least 4 members (excludes halogenated alkanes) is 1. The highest BCUT2D eigenvalue weighted by atomic mass is 127. The predicted molar refractivity (Wildman–Crippen MR) is 137 cm³/mol. The van der Waals surface area contributed by atoms with Crippen LogP contribution in [-0.4, -0.2) is 88.5 Å².